The van der Waals surface area contributed by atoms with Gasteiger partial charge in [0.15, 0.2) is 0 Å². The molecule has 0 amide bonds. The van der Waals surface area contributed by atoms with Crippen molar-refractivity contribution in [2.75, 3.05) is 24.5 Å². The minimum Gasteiger partial charge on any atom is -0.371 e. The third-order valence-corrected chi connectivity index (χ3v) is 4.34. The summed E-state index contributed by atoms with van der Waals surface area (Å²) in [7, 11) is 0. The highest BCUT2D eigenvalue weighted by molar-refractivity contribution is 5.54. The molecule has 1 saturated heterocycles. The zero-order chi connectivity index (χ0) is 15.1. The molecule has 21 heavy (non-hydrogen) atoms. The highest BCUT2D eigenvalue weighted by Gasteiger charge is 2.11. The molecule has 0 atom stereocenters. The summed E-state index contributed by atoms with van der Waals surface area (Å²) >= 11 is 0. The van der Waals surface area contributed by atoms with Crippen molar-refractivity contribution >= 4 is 5.69 Å². The van der Waals surface area contributed by atoms with E-state index >= 15 is 0 Å². The van der Waals surface area contributed by atoms with E-state index in [0.29, 0.717) is 5.92 Å². The standard InChI is InChI=1S/C19H32N2/c1-16(2)14-20-15-18-9-10-19(17(3)13-18)21-11-7-5-4-6-8-12-21/h9-10,13,16,20H,4-8,11-12,14-15H2,1-3H3. The van der Waals surface area contributed by atoms with Gasteiger partial charge in [0.1, 0.15) is 0 Å². The van der Waals surface area contributed by atoms with Crippen molar-refractivity contribution in [2.24, 2.45) is 5.92 Å². The lowest BCUT2D eigenvalue weighted by atomic mass is 10.0. The fourth-order valence-corrected chi connectivity index (χ4v) is 3.18. The molecule has 2 nitrogen and oxygen atoms in total. The van der Waals surface area contributed by atoms with Crippen LogP contribution in [0.15, 0.2) is 18.2 Å². The zero-order valence-electron chi connectivity index (χ0n) is 14.1. The van der Waals surface area contributed by atoms with Gasteiger partial charge < -0.3 is 10.2 Å². The molecular formula is C19H32N2. The molecule has 2 rings (SSSR count). The Morgan fingerprint density at radius 2 is 1.71 bits per heavy atom. The molecule has 118 valence electrons. The third-order valence-electron chi connectivity index (χ3n) is 4.34. The quantitative estimate of drug-likeness (QED) is 0.857. The first-order valence-corrected chi connectivity index (χ1v) is 8.72. The van der Waals surface area contributed by atoms with Crippen LogP contribution in [0.5, 0.6) is 0 Å². The topological polar surface area (TPSA) is 15.3 Å². The minimum absolute atomic E-state index is 0.714. The van der Waals surface area contributed by atoms with Crippen LogP contribution >= 0.6 is 0 Å². The van der Waals surface area contributed by atoms with Gasteiger partial charge in [-0.15, -0.1) is 0 Å². The second-order valence-corrected chi connectivity index (χ2v) is 6.90. The number of hydrogen-bond acceptors (Lipinski definition) is 2. The van der Waals surface area contributed by atoms with Gasteiger partial charge in [-0.25, -0.2) is 0 Å². The summed E-state index contributed by atoms with van der Waals surface area (Å²) in [5.74, 6) is 0.714. The first-order valence-electron chi connectivity index (χ1n) is 8.72. The summed E-state index contributed by atoms with van der Waals surface area (Å²) in [5.41, 5.74) is 4.29. The van der Waals surface area contributed by atoms with Gasteiger partial charge in [-0.05, 0) is 49.4 Å². The Morgan fingerprint density at radius 3 is 2.33 bits per heavy atom. The van der Waals surface area contributed by atoms with Crippen LogP contribution in [0, 0.1) is 12.8 Å². The van der Waals surface area contributed by atoms with E-state index in [0.717, 1.165) is 13.1 Å². The Morgan fingerprint density at radius 1 is 1.05 bits per heavy atom. The van der Waals surface area contributed by atoms with Crippen LogP contribution < -0.4 is 10.2 Å². The first-order chi connectivity index (χ1) is 10.2. The summed E-state index contributed by atoms with van der Waals surface area (Å²) in [6.07, 6.45) is 6.90. The van der Waals surface area contributed by atoms with E-state index in [-0.39, 0.29) is 0 Å². The van der Waals surface area contributed by atoms with Crippen molar-refractivity contribution in [3.63, 3.8) is 0 Å². The number of rotatable bonds is 5. The summed E-state index contributed by atoms with van der Waals surface area (Å²) in [5, 5.41) is 3.53. The van der Waals surface area contributed by atoms with E-state index in [9.17, 15) is 0 Å². The lowest BCUT2D eigenvalue weighted by molar-refractivity contribution is 0.551. The fourth-order valence-electron chi connectivity index (χ4n) is 3.18. The number of anilines is 1. The molecule has 1 N–H and O–H groups in total. The summed E-state index contributed by atoms with van der Waals surface area (Å²) in [6, 6.07) is 7.00. The Bertz CT molecular complexity index is 418. The minimum atomic E-state index is 0.714. The molecule has 0 saturated carbocycles. The second-order valence-electron chi connectivity index (χ2n) is 6.90. The SMILES string of the molecule is Cc1cc(CNCC(C)C)ccc1N1CCCCCCC1. The van der Waals surface area contributed by atoms with Gasteiger partial charge in [0.05, 0.1) is 0 Å². The average Bonchev–Trinajstić information content (AvgIpc) is 2.39. The Kier molecular flexibility index (Phi) is 6.56. The summed E-state index contributed by atoms with van der Waals surface area (Å²) in [4.78, 5) is 2.60. The molecule has 1 aromatic rings. The second kappa shape index (κ2) is 8.43. The van der Waals surface area contributed by atoms with Gasteiger partial charge in [0, 0.05) is 25.3 Å². The van der Waals surface area contributed by atoms with Crippen LogP contribution in [-0.4, -0.2) is 19.6 Å². The number of hydrogen-bond donors (Lipinski definition) is 1. The number of nitrogens with one attached hydrogen (secondary N) is 1. The van der Waals surface area contributed by atoms with Crippen molar-refractivity contribution in [3.8, 4) is 0 Å². The number of benzene rings is 1. The molecule has 0 aliphatic carbocycles. The smallest absolute Gasteiger partial charge is 0.0396 e. The zero-order valence-corrected chi connectivity index (χ0v) is 14.1. The molecule has 0 spiro atoms. The average molecular weight is 288 g/mol. The van der Waals surface area contributed by atoms with E-state index < -0.39 is 0 Å². The largest absolute Gasteiger partial charge is 0.371 e. The molecule has 1 fully saturated rings. The van der Waals surface area contributed by atoms with Crippen molar-refractivity contribution in [1.29, 1.82) is 0 Å². The van der Waals surface area contributed by atoms with E-state index in [1.165, 1.54) is 62.0 Å². The molecule has 1 aromatic carbocycles. The Labute approximate surface area is 130 Å². The maximum absolute atomic E-state index is 3.53. The lowest BCUT2D eigenvalue weighted by Crippen LogP contribution is -2.27. The van der Waals surface area contributed by atoms with E-state index in [4.69, 9.17) is 0 Å². The van der Waals surface area contributed by atoms with Crippen LogP contribution in [0.25, 0.3) is 0 Å². The van der Waals surface area contributed by atoms with Gasteiger partial charge >= 0.3 is 0 Å². The van der Waals surface area contributed by atoms with Crippen molar-refractivity contribution in [3.05, 3.63) is 29.3 Å². The molecule has 0 bridgehead atoms. The van der Waals surface area contributed by atoms with E-state index in [2.05, 4.69) is 49.2 Å². The van der Waals surface area contributed by atoms with Gasteiger partial charge in [0.2, 0.25) is 0 Å². The lowest BCUT2D eigenvalue weighted by Gasteiger charge is -2.28. The predicted molar refractivity (Wildman–Crippen MR) is 93.0 cm³/mol. The van der Waals surface area contributed by atoms with Crippen molar-refractivity contribution < 1.29 is 0 Å². The van der Waals surface area contributed by atoms with Crippen LogP contribution in [0.1, 0.15) is 57.1 Å². The molecular weight excluding hydrogens is 256 g/mol. The fraction of sp³-hybridized carbons (Fsp3) is 0.684. The van der Waals surface area contributed by atoms with Gasteiger partial charge in [-0.2, -0.15) is 0 Å². The van der Waals surface area contributed by atoms with Gasteiger partial charge in [-0.3, -0.25) is 0 Å². The van der Waals surface area contributed by atoms with Crippen molar-refractivity contribution in [2.45, 2.75) is 59.4 Å². The predicted octanol–water partition coefficient (Wildman–Crippen LogP) is 4.51. The van der Waals surface area contributed by atoms with Crippen LogP contribution in [-0.2, 0) is 6.54 Å². The molecule has 0 aromatic heterocycles. The highest BCUT2D eigenvalue weighted by Crippen LogP contribution is 2.24. The Hall–Kier alpha value is -1.02. The van der Waals surface area contributed by atoms with Gasteiger partial charge in [0.25, 0.3) is 0 Å². The molecule has 1 aliphatic rings. The summed E-state index contributed by atoms with van der Waals surface area (Å²) in [6.45, 7) is 11.3. The molecule has 1 aliphatic heterocycles. The molecule has 0 unspecified atom stereocenters. The highest BCUT2D eigenvalue weighted by atomic mass is 15.1. The van der Waals surface area contributed by atoms with E-state index in [1.807, 2.05) is 0 Å². The maximum atomic E-state index is 3.53. The maximum Gasteiger partial charge on any atom is 0.0396 e. The van der Waals surface area contributed by atoms with Crippen LogP contribution in [0.3, 0.4) is 0 Å². The van der Waals surface area contributed by atoms with E-state index in [1.54, 1.807) is 0 Å². The molecule has 1 heterocycles. The molecule has 0 radical (unpaired) electrons. The Balaban J connectivity index is 1.97. The molecule has 2 heteroatoms. The van der Waals surface area contributed by atoms with Gasteiger partial charge in [-0.1, -0.05) is 45.2 Å². The third kappa shape index (κ3) is 5.35. The van der Waals surface area contributed by atoms with Crippen molar-refractivity contribution in [1.82, 2.24) is 5.32 Å². The summed E-state index contributed by atoms with van der Waals surface area (Å²) < 4.78 is 0. The number of nitrogens with zero attached hydrogens (tertiary/aromatic N) is 1. The first kappa shape index (κ1) is 16.4. The van der Waals surface area contributed by atoms with Crippen LogP contribution in [0.4, 0.5) is 5.69 Å². The number of aryl methyl sites for hydroxylation is 1. The normalized spacial score (nSPS) is 16.9. The van der Waals surface area contributed by atoms with Crippen LogP contribution in [0.2, 0.25) is 0 Å². The monoisotopic (exact) mass is 288 g/mol.